The van der Waals surface area contributed by atoms with E-state index in [0.717, 1.165) is 24.1 Å². The van der Waals surface area contributed by atoms with Gasteiger partial charge in [0.05, 0.1) is 29.3 Å². The van der Waals surface area contributed by atoms with Crippen LogP contribution in [-0.4, -0.2) is 36.9 Å². The number of aromatic nitrogens is 4. The van der Waals surface area contributed by atoms with Gasteiger partial charge in [-0.15, -0.1) is 0 Å². The molecule has 6 nitrogen and oxygen atoms in total. The molecule has 1 aromatic carbocycles. The highest BCUT2D eigenvalue weighted by atomic mass is 35.5. The van der Waals surface area contributed by atoms with Crippen molar-refractivity contribution in [1.82, 2.24) is 24.3 Å². The molecule has 2 aromatic heterocycles. The number of hydrogen-bond acceptors (Lipinski definition) is 6. The van der Waals surface area contributed by atoms with Gasteiger partial charge < -0.3 is 5.73 Å². The quantitative estimate of drug-likeness (QED) is 0.422. The fourth-order valence-electron chi connectivity index (χ4n) is 3.66. The van der Waals surface area contributed by atoms with Crippen molar-refractivity contribution in [2.75, 3.05) is 6.54 Å². The molecule has 0 amide bonds. The summed E-state index contributed by atoms with van der Waals surface area (Å²) in [4.78, 5) is 0. The van der Waals surface area contributed by atoms with Crippen LogP contribution in [0.3, 0.4) is 0 Å². The number of nitrogens with two attached hydrogens (primary N) is 1. The fraction of sp³-hybridized carbons (Fsp3) is 0.350. The summed E-state index contributed by atoms with van der Waals surface area (Å²) in [6, 6.07) is 4.86. The maximum atomic E-state index is 14.0. The molecule has 0 spiro atoms. The van der Waals surface area contributed by atoms with Gasteiger partial charge in [-0.25, -0.2) is 13.4 Å². The van der Waals surface area contributed by atoms with E-state index in [0.29, 0.717) is 17.1 Å². The highest BCUT2D eigenvalue weighted by Gasteiger charge is 2.32. The van der Waals surface area contributed by atoms with E-state index in [1.807, 2.05) is 25.4 Å². The molecule has 0 saturated carbocycles. The second kappa shape index (κ2) is 9.20. The molecule has 3 aromatic rings. The molecular formula is C20H21Cl2FN6S. The van der Waals surface area contributed by atoms with Gasteiger partial charge in [0.15, 0.2) is 0 Å². The molecule has 30 heavy (non-hydrogen) atoms. The summed E-state index contributed by atoms with van der Waals surface area (Å²) in [6.45, 7) is 2.67. The molecule has 3 atom stereocenters. The molecule has 0 aliphatic carbocycles. The van der Waals surface area contributed by atoms with Crippen LogP contribution in [-0.2, 0) is 0 Å². The van der Waals surface area contributed by atoms with Gasteiger partial charge in [-0.05, 0) is 38.0 Å². The Bertz CT molecular complexity index is 1020. The van der Waals surface area contributed by atoms with Crippen LogP contribution in [0.2, 0.25) is 10.0 Å². The Hall–Kier alpha value is -1.71. The Morgan fingerprint density at radius 3 is 2.80 bits per heavy atom. The first-order chi connectivity index (χ1) is 14.4. The summed E-state index contributed by atoms with van der Waals surface area (Å²) in [5.74, 6) is -0.470. The Morgan fingerprint density at radius 1 is 1.20 bits per heavy atom. The lowest BCUT2D eigenvalue weighted by Gasteiger charge is -2.38. The van der Waals surface area contributed by atoms with Crippen LogP contribution in [0.5, 0.6) is 0 Å². The van der Waals surface area contributed by atoms with Crippen LogP contribution in [0.4, 0.5) is 4.39 Å². The topological polar surface area (TPSA) is 72.9 Å². The second-order valence-corrected chi connectivity index (χ2v) is 9.45. The molecule has 2 N–H and O–H groups in total. The summed E-state index contributed by atoms with van der Waals surface area (Å²) >= 11 is 14.1. The third-order valence-electron chi connectivity index (χ3n) is 5.17. The zero-order valence-corrected chi connectivity index (χ0v) is 18.6. The van der Waals surface area contributed by atoms with Gasteiger partial charge in [-0.2, -0.15) is 15.3 Å². The molecule has 4 rings (SSSR count). The fourth-order valence-corrected chi connectivity index (χ4v) is 5.89. The van der Waals surface area contributed by atoms with E-state index in [9.17, 15) is 4.39 Å². The number of halogens is 3. The van der Waals surface area contributed by atoms with E-state index >= 15 is 0 Å². The average molecular weight is 467 g/mol. The first-order valence-electron chi connectivity index (χ1n) is 9.58. The Morgan fingerprint density at radius 2 is 2.03 bits per heavy atom. The molecule has 158 valence electrons. The van der Waals surface area contributed by atoms with E-state index in [2.05, 4.69) is 19.6 Å². The largest absolute Gasteiger partial charge is 0.327 e. The molecule has 10 heteroatoms. The van der Waals surface area contributed by atoms with Crippen LogP contribution in [0.25, 0.3) is 5.69 Å². The van der Waals surface area contributed by atoms with E-state index in [1.165, 1.54) is 6.07 Å². The minimum Gasteiger partial charge on any atom is -0.327 e. The van der Waals surface area contributed by atoms with Crippen LogP contribution in [0.1, 0.15) is 42.2 Å². The van der Waals surface area contributed by atoms with E-state index < -0.39 is 5.82 Å². The Kier molecular flexibility index (Phi) is 6.60. The normalized spacial score (nSPS) is 21.0. The van der Waals surface area contributed by atoms with Crippen LogP contribution in [0, 0.1) is 5.82 Å². The van der Waals surface area contributed by atoms with Crippen molar-refractivity contribution in [3.8, 4) is 5.69 Å². The lowest BCUT2D eigenvalue weighted by atomic mass is 9.97. The predicted molar refractivity (Wildman–Crippen MR) is 118 cm³/mol. The standard InChI is InChI=1S/C20H21Cl2FN6S/c1-12(19-16(21)3-4-17(23)20(19)22)30-29-11-14(24)2-5-18(29)13-8-27-28(10-13)15-6-7-25-26-9-15/h3-4,6-10,12,14,18H,2,5,11,24H2,1H3. The van der Waals surface area contributed by atoms with Gasteiger partial charge in [-0.3, -0.25) is 0 Å². The van der Waals surface area contributed by atoms with Crippen molar-refractivity contribution < 1.29 is 4.39 Å². The zero-order chi connectivity index (χ0) is 21.3. The Labute approximate surface area is 188 Å². The number of benzene rings is 1. The molecule has 0 bridgehead atoms. The summed E-state index contributed by atoms with van der Waals surface area (Å²) < 4.78 is 18.0. The molecule has 1 aliphatic rings. The third-order valence-corrected chi connectivity index (χ3v) is 7.11. The van der Waals surface area contributed by atoms with E-state index in [-0.39, 0.29) is 22.4 Å². The smallest absolute Gasteiger partial charge is 0.142 e. The number of hydrogen-bond donors (Lipinski definition) is 1. The Balaban J connectivity index is 1.58. The molecule has 1 aliphatic heterocycles. The van der Waals surface area contributed by atoms with Gasteiger partial charge in [0.2, 0.25) is 0 Å². The third kappa shape index (κ3) is 4.48. The lowest BCUT2D eigenvalue weighted by molar-refractivity contribution is 0.253. The number of piperidine rings is 1. The van der Waals surface area contributed by atoms with Gasteiger partial charge in [0.25, 0.3) is 0 Å². The molecule has 1 saturated heterocycles. The predicted octanol–water partition coefficient (Wildman–Crippen LogP) is 4.98. The summed E-state index contributed by atoms with van der Waals surface area (Å²) in [7, 11) is 0. The van der Waals surface area contributed by atoms with Gasteiger partial charge in [0, 0.05) is 46.2 Å². The average Bonchev–Trinajstić information content (AvgIpc) is 3.22. The highest BCUT2D eigenvalue weighted by molar-refractivity contribution is 7.97. The van der Waals surface area contributed by atoms with Gasteiger partial charge in [0.1, 0.15) is 5.82 Å². The SMILES string of the molecule is CC(SN1CC(N)CCC1c1cnn(-c2ccnnc2)c1)c1c(Cl)ccc(F)c1Cl. The van der Waals surface area contributed by atoms with Crippen molar-refractivity contribution in [3.63, 3.8) is 0 Å². The minimum absolute atomic E-state index is 0.0679. The highest BCUT2D eigenvalue weighted by Crippen LogP contribution is 2.45. The monoisotopic (exact) mass is 466 g/mol. The summed E-state index contributed by atoms with van der Waals surface area (Å²) in [6.07, 6.45) is 8.97. The number of nitrogens with zero attached hydrogens (tertiary/aromatic N) is 5. The first kappa shape index (κ1) is 21.5. The van der Waals surface area contributed by atoms with Crippen LogP contribution in [0.15, 0.2) is 43.0 Å². The second-order valence-electron chi connectivity index (χ2n) is 7.28. The summed E-state index contributed by atoms with van der Waals surface area (Å²) in [5.41, 5.74) is 8.77. The molecule has 3 unspecified atom stereocenters. The van der Waals surface area contributed by atoms with Crippen LogP contribution >= 0.6 is 35.1 Å². The molecule has 3 heterocycles. The van der Waals surface area contributed by atoms with Crippen molar-refractivity contribution in [1.29, 1.82) is 0 Å². The van der Waals surface area contributed by atoms with Crippen LogP contribution < -0.4 is 5.73 Å². The van der Waals surface area contributed by atoms with E-state index in [4.69, 9.17) is 28.9 Å². The van der Waals surface area contributed by atoms with E-state index in [1.54, 1.807) is 35.1 Å². The lowest BCUT2D eigenvalue weighted by Crippen LogP contribution is -2.41. The van der Waals surface area contributed by atoms with Crippen molar-refractivity contribution >= 4 is 35.1 Å². The van der Waals surface area contributed by atoms with Crippen molar-refractivity contribution in [2.45, 2.75) is 37.1 Å². The maximum Gasteiger partial charge on any atom is 0.142 e. The molecular weight excluding hydrogens is 446 g/mol. The maximum absolute atomic E-state index is 14.0. The van der Waals surface area contributed by atoms with Gasteiger partial charge >= 0.3 is 0 Å². The number of rotatable bonds is 5. The first-order valence-corrected chi connectivity index (χ1v) is 11.2. The van der Waals surface area contributed by atoms with Gasteiger partial charge in [-0.1, -0.05) is 35.1 Å². The zero-order valence-electron chi connectivity index (χ0n) is 16.3. The molecule has 0 radical (unpaired) electrons. The van der Waals surface area contributed by atoms with Crippen molar-refractivity contribution in [2.24, 2.45) is 5.73 Å². The minimum atomic E-state index is -0.470. The summed E-state index contributed by atoms with van der Waals surface area (Å²) in [5, 5.41) is 12.6. The molecule has 1 fully saturated rings. The van der Waals surface area contributed by atoms with Crippen molar-refractivity contribution in [3.05, 3.63) is 70.0 Å².